The SMILES string of the molecule is O=CNC(c1c(F)ccc(Cl)c1F)C1CCCC1. The Labute approximate surface area is 109 Å². The molecule has 0 saturated heterocycles. The van der Waals surface area contributed by atoms with Gasteiger partial charge in [0.05, 0.1) is 11.1 Å². The molecule has 1 aliphatic rings. The second-order valence-electron chi connectivity index (χ2n) is 4.56. The van der Waals surface area contributed by atoms with E-state index in [1.165, 1.54) is 6.07 Å². The Hall–Kier alpha value is -1.16. The van der Waals surface area contributed by atoms with Crippen LogP contribution in [0.4, 0.5) is 8.78 Å². The van der Waals surface area contributed by atoms with Crippen LogP contribution in [0.1, 0.15) is 37.3 Å². The third kappa shape index (κ3) is 2.48. The molecule has 0 spiro atoms. The van der Waals surface area contributed by atoms with Crippen LogP contribution < -0.4 is 5.32 Å². The Balaban J connectivity index is 2.41. The lowest BCUT2D eigenvalue weighted by molar-refractivity contribution is -0.110. The summed E-state index contributed by atoms with van der Waals surface area (Å²) in [5.41, 5.74) is -0.124. The van der Waals surface area contributed by atoms with Crippen LogP contribution >= 0.6 is 11.6 Å². The fourth-order valence-corrected chi connectivity index (χ4v) is 2.81. The zero-order chi connectivity index (χ0) is 13.1. The van der Waals surface area contributed by atoms with E-state index in [4.69, 9.17) is 11.6 Å². The summed E-state index contributed by atoms with van der Waals surface area (Å²) < 4.78 is 27.8. The smallest absolute Gasteiger partial charge is 0.207 e. The molecule has 1 unspecified atom stereocenters. The Morgan fingerprint density at radius 1 is 1.33 bits per heavy atom. The predicted octanol–water partition coefficient (Wildman–Crippen LogP) is 3.60. The van der Waals surface area contributed by atoms with Crippen LogP contribution in [0.15, 0.2) is 12.1 Å². The van der Waals surface area contributed by atoms with Gasteiger partial charge < -0.3 is 5.32 Å². The topological polar surface area (TPSA) is 29.1 Å². The van der Waals surface area contributed by atoms with Gasteiger partial charge in [-0.2, -0.15) is 0 Å². The predicted molar refractivity (Wildman–Crippen MR) is 65.3 cm³/mol. The minimum atomic E-state index is -0.775. The Morgan fingerprint density at radius 2 is 2.00 bits per heavy atom. The third-order valence-electron chi connectivity index (χ3n) is 3.51. The number of hydrogen-bond donors (Lipinski definition) is 1. The molecule has 0 aliphatic heterocycles. The van der Waals surface area contributed by atoms with Crippen LogP contribution in [0.2, 0.25) is 5.02 Å². The van der Waals surface area contributed by atoms with Gasteiger partial charge in [0.15, 0.2) is 0 Å². The highest BCUT2D eigenvalue weighted by molar-refractivity contribution is 6.30. The van der Waals surface area contributed by atoms with Crippen molar-refractivity contribution in [3.05, 3.63) is 34.4 Å². The summed E-state index contributed by atoms with van der Waals surface area (Å²) in [5.74, 6) is -1.37. The standard InChI is InChI=1S/C13H14ClF2NO/c14-9-5-6-10(15)11(12(9)16)13(17-7-18)8-3-1-2-4-8/h5-8,13H,1-4H2,(H,17,18). The van der Waals surface area contributed by atoms with E-state index in [2.05, 4.69) is 5.32 Å². The number of rotatable bonds is 4. The first-order chi connectivity index (χ1) is 8.65. The van der Waals surface area contributed by atoms with Gasteiger partial charge in [0.2, 0.25) is 6.41 Å². The molecule has 5 heteroatoms. The van der Waals surface area contributed by atoms with Crippen molar-refractivity contribution in [1.82, 2.24) is 5.32 Å². The molecule has 2 nitrogen and oxygen atoms in total. The lowest BCUT2D eigenvalue weighted by Gasteiger charge is -2.24. The summed E-state index contributed by atoms with van der Waals surface area (Å²) in [4.78, 5) is 10.7. The van der Waals surface area contributed by atoms with Gasteiger partial charge in [-0.1, -0.05) is 24.4 Å². The summed E-state index contributed by atoms with van der Waals surface area (Å²) in [6.45, 7) is 0. The van der Waals surface area contributed by atoms with Crippen LogP contribution in [0, 0.1) is 17.6 Å². The van der Waals surface area contributed by atoms with E-state index in [1.54, 1.807) is 0 Å². The molecule has 1 aliphatic carbocycles. The van der Waals surface area contributed by atoms with Gasteiger partial charge >= 0.3 is 0 Å². The molecule has 1 N–H and O–H groups in total. The lowest BCUT2D eigenvalue weighted by Crippen LogP contribution is -2.28. The van der Waals surface area contributed by atoms with Crippen molar-refractivity contribution in [1.29, 1.82) is 0 Å². The number of carbonyl (C=O) groups excluding carboxylic acids is 1. The number of benzene rings is 1. The highest BCUT2D eigenvalue weighted by atomic mass is 35.5. The number of halogens is 3. The lowest BCUT2D eigenvalue weighted by atomic mass is 9.91. The van der Waals surface area contributed by atoms with Crippen molar-refractivity contribution in [2.75, 3.05) is 0 Å². The van der Waals surface area contributed by atoms with Crippen molar-refractivity contribution in [3.8, 4) is 0 Å². The van der Waals surface area contributed by atoms with Crippen LogP contribution in [0.25, 0.3) is 0 Å². The molecule has 0 bridgehead atoms. The van der Waals surface area contributed by atoms with E-state index in [0.717, 1.165) is 31.7 Å². The number of carbonyl (C=O) groups is 1. The number of nitrogens with one attached hydrogen (secondary N) is 1. The zero-order valence-corrected chi connectivity index (χ0v) is 10.5. The fraction of sp³-hybridized carbons (Fsp3) is 0.462. The highest BCUT2D eigenvalue weighted by Crippen LogP contribution is 2.38. The molecule has 0 radical (unpaired) electrons. The van der Waals surface area contributed by atoms with E-state index in [0.29, 0.717) is 6.41 Å². The number of amides is 1. The van der Waals surface area contributed by atoms with E-state index in [1.807, 2.05) is 0 Å². The molecule has 1 fully saturated rings. The summed E-state index contributed by atoms with van der Waals surface area (Å²) in [6, 6.07) is 1.68. The molecule has 18 heavy (non-hydrogen) atoms. The van der Waals surface area contributed by atoms with Gasteiger partial charge in [0.1, 0.15) is 11.6 Å². The third-order valence-corrected chi connectivity index (χ3v) is 3.80. The number of hydrogen-bond acceptors (Lipinski definition) is 1. The van der Waals surface area contributed by atoms with Gasteiger partial charge in [0, 0.05) is 5.56 Å². The van der Waals surface area contributed by atoms with E-state index < -0.39 is 17.7 Å². The minimum Gasteiger partial charge on any atom is -0.351 e. The molecule has 98 valence electrons. The van der Waals surface area contributed by atoms with E-state index in [-0.39, 0.29) is 16.5 Å². The van der Waals surface area contributed by atoms with Crippen molar-refractivity contribution in [3.63, 3.8) is 0 Å². The summed E-state index contributed by atoms with van der Waals surface area (Å²) in [7, 11) is 0. The average molecular weight is 274 g/mol. The minimum absolute atomic E-state index is 0.0673. The van der Waals surface area contributed by atoms with Crippen LogP contribution in [0.3, 0.4) is 0 Å². The van der Waals surface area contributed by atoms with Crippen molar-refractivity contribution >= 4 is 18.0 Å². The Morgan fingerprint density at radius 3 is 2.61 bits per heavy atom. The second kappa shape index (κ2) is 5.65. The van der Waals surface area contributed by atoms with E-state index in [9.17, 15) is 13.6 Å². The maximum absolute atomic E-state index is 14.0. The zero-order valence-electron chi connectivity index (χ0n) is 9.76. The molecule has 2 rings (SSSR count). The molecule has 1 saturated carbocycles. The average Bonchev–Trinajstić information content (AvgIpc) is 2.87. The van der Waals surface area contributed by atoms with Crippen LogP contribution in [0.5, 0.6) is 0 Å². The van der Waals surface area contributed by atoms with Gasteiger partial charge in [-0.15, -0.1) is 0 Å². The Kier molecular flexibility index (Phi) is 4.17. The molecule has 1 aromatic rings. The fourth-order valence-electron chi connectivity index (χ4n) is 2.65. The molecular weight excluding hydrogens is 260 g/mol. The van der Waals surface area contributed by atoms with Crippen molar-refractivity contribution in [2.45, 2.75) is 31.7 Å². The van der Waals surface area contributed by atoms with Gasteiger partial charge in [-0.3, -0.25) is 4.79 Å². The second-order valence-corrected chi connectivity index (χ2v) is 4.97. The largest absolute Gasteiger partial charge is 0.351 e. The first-order valence-electron chi connectivity index (χ1n) is 5.98. The van der Waals surface area contributed by atoms with Crippen molar-refractivity contribution < 1.29 is 13.6 Å². The monoisotopic (exact) mass is 273 g/mol. The van der Waals surface area contributed by atoms with Gasteiger partial charge in [0.25, 0.3) is 0 Å². The maximum Gasteiger partial charge on any atom is 0.207 e. The summed E-state index contributed by atoms with van der Waals surface area (Å²) >= 11 is 5.68. The van der Waals surface area contributed by atoms with Crippen LogP contribution in [-0.2, 0) is 4.79 Å². The van der Waals surface area contributed by atoms with Gasteiger partial charge in [-0.25, -0.2) is 8.78 Å². The maximum atomic E-state index is 14.0. The highest BCUT2D eigenvalue weighted by Gasteiger charge is 2.31. The molecular formula is C13H14ClF2NO. The van der Waals surface area contributed by atoms with Crippen LogP contribution in [-0.4, -0.2) is 6.41 Å². The summed E-state index contributed by atoms with van der Waals surface area (Å²) in [6.07, 6.45) is 4.24. The molecule has 0 heterocycles. The Bertz CT molecular complexity index is 447. The molecule has 0 aromatic heterocycles. The molecule has 1 aromatic carbocycles. The van der Waals surface area contributed by atoms with Gasteiger partial charge in [-0.05, 0) is 30.9 Å². The van der Waals surface area contributed by atoms with Crippen molar-refractivity contribution in [2.24, 2.45) is 5.92 Å². The quantitative estimate of drug-likeness (QED) is 0.659. The molecule has 1 atom stereocenters. The normalized spacial score (nSPS) is 17.7. The molecule has 1 amide bonds. The summed E-state index contributed by atoms with van der Waals surface area (Å²) in [5, 5.41) is 2.41. The first-order valence-corrected chi connectivity index (χ1v) is 6.36. The van der Waals surface area contributed by atoms with E-state index >= 15 is 0 Å². The first kappa shape index (κ1) is 13.3.